The van der Waals surface area contributed by atoms with Crippen molar-refractivity contribution in [2.75, 3.05) is 7.11 Å². The van der Waals surface area contributed by atoms with Crippen LogP contribution in [0.15, 0.2) is 0 Å². The Morgan fingerprint density at radius 1 is 1.50 bits per heavy atom. The predicted octanol–water partition coefficient (Wildman–Crippen LogP) is 1.64. The van der Waals surface area contributed by atoms with Crippen molar-refractivity contribution in [1.82, 2.24) is 4.98 Å². The molecule has 1 aromatic heterocycles. The highest BCUT2D eigenvalue weighted by Crippen LogP contribution is 2.31. The van der Waals surface area contributed by atoms with E-state index >= 15 is 0 Å². The lowest BCUT2D eigenvalue weighted by molar-refractivity contribution is 0.410. The summed E-state index contributed by atoms with van der Waals surface area (Å²) in [7, 11) is 1.67. The van der Waals surface area contributed by atoms with Gasteiger partial charge in [-0.2, -0.15) is 0 Å². The molecule has 1 aliphatic carbocycles. The zero-order valence-corrected chi connectivity index (χ0v) is 6.70. The first kappa shape index (κ1) is 6.16. The molecule has 54 valence electrons. The number of rotatable bonds is 1. The van der Waals surface area contributed by atoms with E-state index in [1.54, 1.807) is 18.4 Å². The van der Waals surface area contributed by atoms with Crippen LogP contribution in [0.3, 0.4) is 0 Å². The summed E-state index contributed by atoms with van der Waals surface area (Å²) in [5.41, 5.74) is 1.27. The second-order valence-electron chi connectivity index (χ2n) is 2.41. The third-order valence-electron chi connectivity index (χ3n) is 1.75. The van der Waals surface area contributed by atoms with Gasteiger partial charge in [0.05, 0.1) is 12.8 Å². The largest absolute Gasteiger partial charge is 0.473 e. The van der Waals surface area contributed by atoms with Crippen molar-refractivity contribution < 1.29 is 4.74 Å². The molecular formula is C7H9NOS. The summed E-state index contributed by atoms with van der Waals surface area (Å²) >= 11 is 1.69. The second-order valence-corrected chi connectivity index (χ2v) is 3.45. The van der Waals surface area contributed by atoms with E-state index in [0.29, 0.717) is 0 Å². The molecule has 2 rings (SSSR count). The van der Waals surface area contributed by atoms with Gasteiger partial charge in [-0.15, -0.1) is 0 Å². The normalized spacial score (nSPS) is 15.3. The summed E-state index contributed by atoms with van der Waals surface area (Å²) in [6.07, 6.45) is 3.63. The van der Waals surface area contributed by atoms with Crippen LogP contribution in [0, 0.1) is 0 Å². The van der Waals surface area contributed by atoms with Gasteiger partial charge >= 0.3 is 0 Å². The standard InChI is InChI=1S/C7H9NOS/c1-9-7-8-5-3-2-4-6(5)10-7/h2-4H2,1H3. The summed E-state index contributed by atoms with van der Waals surface area (Å²) in [5, 5.41) is 0.824. The maximum absolute atomic E-state index is 5.02. The van der Waals surface area contributed by atoms with Gasteiger partial charge in [0.15, 0.2) is 0 Å². The quantitative estimate of drug-likeness (QED) is 0.615. The zero-order valence-electron chi connectivity index (χ0n) is 5.89. The second kappa shape index (κ2) is 2.23. The highest BCUT2D eigenvalue weighted by Gasteiger charge is 2.16. The van der Waals surface area contributed by atoms with E-state index < -0.39 is 0 Å². The molecule has 0 N–H and O–H groups in total. The van der Waals surface area contributed by atoms with Crippen molar-refractivity contribution in [3.63, 3.8) is 0 Å². The van der Waals surface area contributed by atoms with E-state index in [9.17, 15) is 0 Å². The minimum atomic E-state index is 0.824. The summed E-state index contributed by atoms with van der Waals surface area (Å²) in [5.74, 6) is 0. The Hall–Kier alpha value is -0.570. The maximum atomic E-state index is 5.02. The van der Waals surface area contributed by atoms with Crippen molar-refractivity contribution in [3.05, 3.63) is 10.6 Å². The van der Waals surface area contributed by atoms with Gasteiger partial charge in [-0.25, -0.2) is 4.98 Å². The van der Waals surface area contributed by atoms with Gasteiger partial charge in [0.25, 0.3) is 5.19 Å². The lowest BCUT2D eigenvalue weighted by Crippen LogP contribution is -1.82. The molecule has 0 saturated carbocycles. The van der Waals surface area contributed by atoms with E-state index in [-0.39, 0.29) is 0 Å². The van der Waals surface area contributed by atoms with Crippen LogP contribution in [-0.2, 0) is 12.8 Å². The van der Waals surface area contributed by atoms with E-state index in [2.05, 4.69) is 4.98 Å². The molecule has 1 aliphatic rings. The van der Waals surface area contributed by atoms with Crippen LogP contribution in [0.25, 0.3) is 0 Å². The van der Waals surface area contributed by atoms with Crippen LogP contribution >= 0.6 is 11.3 Å². The topological polar surface area (TPSA) is 22.1 Å². The highest BCUT2D eigenvalue weighted by molar-refractivity contribution is 7.13. The van der Waals surface area contributed by atoms with Gasteiger partial charge in [-0.1, -0.05) is 11.3 Å². The minimum absolute atomic E-state index is 0.824. The number of hydrogen-bond acceptors (Lipinski definition) is 3. The molecule has 0 amide bonds. The Balaban J connectivity index is 2.37. The molecule has 2 nitrogen and oxygen atoms in total. The first-order chi connectivity index (χ1) is 4.90. The number of aromatic nitrogens is 1. The van der Waals surface area contributed by atoms with E-state index in [1.807, 2.05) is 0 Å². The van der Waals surface area contributed by atoms with Gasteiger partial charge < -0.3 is 4.74 Å². The van der Waals surface area contributed by atoms with Gasteiger partial charge in [0.2, 0.25) is 0 Å². The number of aryl methyl sites for hydroxylation is 2. The van der Waals surface area contributed by atoms with Crippen LogP contribution in [0.2, 0.25) is 0 Å². The van der Waals surface area contributed by atoms with Gasteiger partial charge in [-0.3, -0.25) is 0 Å². The summed E-state index contributed by atoms with van der Waals surface area (Å²) in [4.78, 5) is 5.73. The van der Waals surface area contributed by atoms with Gasteiger partial charge in [0.1, 0.15) is 0 Å². The van der Waals surface area contributed by atoms with Crippen LogP contribution in [0.1, 0.15) is 17.0 Å². The Morgan fingerprint density at radius 3 is 3.10 bits per heavy atom. The number of nitrogens with zero attached hydrogens (tertiary/aromatic N) is 1. The summed E-state index contributed by atoms with van der Waals surface area (Å²) in [6.45, 7) is 0. The molecule has 0 unspecified atom stereocenters. The lowest BCUT2D eigenvalue weighted by atomic mass is 10.4. The molecule has 0 aromatic carbocycles. The Bertz CT molecular complexity index is 222. The van der Waals surface area contributed by atoms with Crippen molar-refractivity contribution in [1.29, 1.82) is 0 Å². The fourth-order valence-corrected chi connectivity index (χ4v) is 2.22. The van der Waals surface area contributed by atoms with Crippen LogP contribution in [0.4, 0.5) is 0 Å². The predicted molar refractivity (Wildman–Crippen MR) is 40.7 cm³/mol. The number of thiazole rings is 1. The average molecular weight is 155 g/mol. The molecule has 1 heterocycles. The molecule has 0 bridgehead atoms. The molecule has 0 fully saturated rings. The zero-order chi connectivity index (χ0) is 6.97. The molecular weight excluding hydrogens is 146 g/mol. The highest BCUT2D eigenvalue weighted by atomic mass is 32.1. The smallest absolute Gasteiger partial charge is 0.273 e. The fourth-order valence-electron chi connectivity index (χ4n) is 1.25. The van der Waals surface area contributed by atoms with Crippen molar-refractivity contribution in [2.24, 2.45) is 0 Å². The first-order valence-corrected chi connectivity index (χ1v) is 4.24. The average Bonchev–Trinajstić information content (AvgIpc) is 2.42. The van der Waals surface area contributed by atoms with Gasteiger partial charge in [-0.05, 0) is 19.3 Å². The molecule has 3 heteroatoms. The first-order valence-electron chi connectivity index (χ1n) is 3.42. The van der Waals surface area contributed by atoms with E-state index in [0.717, 1.165) is 11.6 Å². The third-order valence-corrected chi connectivity index (χ3v) is 2.87. The summed E-state index contributed by atoms with van der Waals surface area (Å²) in [6, 6.07) is 0. The molecule has 0 atom stereocenters. The fraction of sp³-hybridized carbons (Fsp3) is 0.571. The number of methoxy groups -OCH3 is 1. The molecule has 0 radical (unpaired) electrons. The Labute approximate surface area is 63.9 Å². The maximum Gasteiger partial charge on any atom is 0.273 e. The van der Waals surface area contributed by atoms with E-state index in [4.69, 9.17) is 4.74 Å². The molecule has 0 saturated heterocycles. The minimum Gasteiger partial charge on any atom is -0.473 e. The number of ether oxygens (including phenoxy) is 1. The lowest BCUT2D eigenvalue weighted by Gasteiger charge is -1.88. The van der Waals surface area contributed by atoms with Crippen LogP contribution in [-0.4, -0.2) is 12.1 Å². The Morgan fingerprint density at radius 2 is 2.40 bits per heavy atom. The number of hydrogen-bond donors (Lipinski definition) is 0. The van der Waals surface area contributed by atoms with Crippen molar-refractivity contribution in [3.8, 4) is 5.19 Å². The van der Waals surface area contributed by atoms with Crippen LogP contribution < -0.4 is 4.74 Å². The molecule has 10 heavy (non-hydrogen) atoms. The number of fused-ring (bicyclic) bond motifs is 1. The monoisotopic (exact) mass is 155 g/mol. The molecule has 1 aromatic rings. The van der Waals surface area contributed by atoms with Gasteiger partial charge in [0, 0.05) is 4.88 Å². The van der Waals surface area contributed by atoms with Crippen LogP contribution in [0.5, 0.6) is 5.19 Å². The SMILES string of the molecule is COc1nc2c(s1)CCC2. The third kappa shape index (κ3) is 0.814. The Kier molecular flexibility index (Phi) is 1.38. The summed E-state index contributed by atoms with van der Waals surface area (Å²) < 4.78 is 5.02. The molecule has 0 spiro atoms. The van der Waals surface area contributed by atoms with Crippen molar-refractivity contribution in [2.45, 2.75) is 19.3 Å². The molecule has 0 aliphatic heterocycles. The van der Waals surface area contributed by atoms with E-state index in [1.165, 1.54) is 23.4 Å². The van der Waals surface area contributed by atoms with Crippen molar-refractivity contribution >= 4 is 11.3 Å².